The molecule has 0 aromatic carbocycles. The topological polar surface area (TPSA) is 120 Å². The number of carboxylic acids is 1. The van der Waals surface area contributed by atoms with Crippen LogP contribution in [0.15, 0.2) is 12.7 Å². The van der Waals surface area contributed by atoms with E-state index in [2.05, 4.69) is 11.5 Å². The average molecular weight is 466 g/mol. The molecule has 4 rings (SSSR count). The fraction of sp³-hybridized carbons (Fsp3) is 0.783. The second-order valence-electron chi connectivity index (χ2n) is 9.82. The summed E-state index contributed by atoms with van der Waals surface area (Å²) in [6.07, 6.45) is 2.07. The van der Waals surface area contributed by atoms with Gasteiger partial charge in [-0.25, -0.2) is 0 Å². The molecule has 4 aliphatic rings. The molecule has 10 nitrogen and oxygen atoms in total. The van der Waals surface area contributed by atoms with Gasteiger partial charge in [0.2, 0.25) is 11.8 Å². The molecule has 3 unspecified atom stereocenters. The van der Waals surface area contributed by atoms with Crippen LogP contribution in [0.4, 0.5) is 0 Å². The highest BCUT2D eigenvalue weighted by atomic mass is 16.5. The first-order valence-corrected chi connectivity index (χ1v) is 11.8. The number of rotatable bonds is 9. The van der Waals surface area contributed by atoms with E-state index in [1.807, 2.05) is 6.92 Å². The number of carboxylic acid groups (broad SMARTS) is 1. The van der Waals surface area contributed by atoms with Crippen LogP contribution >= 0.6 is 0 Å². The number of amides is 2. The summed E-state index contributed by atoms with van der Waals surface area (Å²) >= 11 is 0. The molecule has 4 heterocycles. The molecule has 2 amide bonds. The highest BCUT2D eigenvalue weighted by Crippen LogP contribution is 2.65. The molecule has 6 atom stereocenters. The predicted octanol–water partition coefficient (Wildman–Crippen LogP) is -0.579. The molecule has 0 radical (unpaired) electrons. The van der Waals surface area contributed by atoms with Crippen molar-refractivity contribution in [3.8, 4) is 0 Å². The third kappa shape index (κ3) is 3.67. The normalized spacial score (nSPS) is 37.9. The summed E-state index contributed by atoms with van der Waals surface area (Å²) in [5, 5.41) is 19.7. The molecular formula is C23H35N3O7. The van der Waals surface area contributed by atoms with Crippen molar-refractivity contribution < 1.29 is 34.1 Å². The molecule has 2 bridgehead atoms. The zero-order chi connectivity index (χ0) is 24.0. The van der Waals surface area contributed by atoms with Crippen molar-refractivity contribution in [2.45, 2.75) is 37.5 Å². The first kappa shape index (κ1) is 24.1. The van der Waals surface area contributed by atoms with Crippen molar-refractivity contribution in [1.29, 1.82) is 0 Å². The third-order valence-electron chi connectivity index (χ3n) is 8.11. The van der Waals surface area contributed by atoms with Crippen molar-refractivity contribution in [1.82, 2.24) is 14.7 Å². The Morgan fingerprint density at radius 2 is 2.00 bits per heavy atom. The van der Waals surface area contributed by atoms with E-state index in [4.69, 9.17) is 9.47 Å². The Morgan fingerprint density at radius 3 is 2.61 bits per heavy atom. The summed E-state index contributed by atoms with van der Waals surface area (Å²) in [4.78, 5) is 45.0. The first-order valence-electron chi connectivity index (χ1n) is 11.8. The predicted molar refractivity (Wildman–Crippen MR) is 117 cm³/mol. The molecule has 4 saturated heterocycles. The number of aliphatic carboxylic acids is 1. The van der Waals surface area contributed by atoms with Gasteiger partial charge in [-0.2, -0.15) is 0 Å². The summed E-state index contributed by atoms with van der Waals surface area (Å²) in [6.45, 7) is 11.4. The third-order valence-corrected chi connectivity index (χ3v) is 8.11. The van der Waals surface area contributed by atoms with Gasteiger partial charge in [0.15, 0.2) is 0 Å². The van der Waals surface area contributed by atoms with Crippen LogP contribution < -0.4 is 0 Å². The van der Waals surface area contributed by atoms with Gasteiger partial charge in [0, 0.05) is 39.3 Å². The van der Waals surface area contributed by atoms with E-state index in [1.54, 1.807) is 17.9 Å². The van der Waals surface area contributed by atoms with Crippen LogP contribution in [0.25, 0.3) is 0 Å². The lowest BCUT2D eigenvalue weighted by atomic mass is 9.62. The Balaban J connectivity index is 1.65. The number of likely N-dealkylation sites (tertiary alicyclic amines) is 1. The number of carbonyl (C=O) groups excluding carboxylic acids is 2. The van der Waals surface area contributed by atoms with E-state index in [-0.39, 0.29) is 25.0 Å². The molecule has 0 saturated carbocycles. The minimum absolute atomic E-state index is 0.0420. The van der Waals surface area contributed by atoms with Crippen molar-refractivity contribution in [2.75, 3.05) is 59.1 Å². The number of nitrogens with zero attached hydrogens (tertiary/aromatic N) is 3. The molecule has 33 heavy (non-hydrogen) atoms. The highest BCUT2D eigenvalue weighted by Gasteiger charge is 2.80. The number of ether oxygens (including phenoxy) is 2. The van der Waals surface area contributed by atoms with Gasteiger partial charge in [0.1, 0.15) is 17.6 Å². The highest BCUT2D eigenvalue weighted by molar-refractivity contribution is 5.98. The van der Waals surface area contributed by atoms with Crippen molar-refractivity contribution >= 4 is 17.8 Å². The SMILES string of the molecule is C=CCN(CCN1CCOCC1)C(=O)C1N(CCO)C(=O)[C@@H]2[C@@H](C(=O)O)[C@]3(C)OC12CC3C. The van der Waals surface area contributed by atoms with Crippen molar-refractivity contribution in [3.05, 3.63) is 12.7 Å². The number of carbonyl (C=O) groups is 3. The van der Waals surface area contributed by atoms with Gasteiger partial charge in [-0.1, -0.05) is 13.0 Å². The molecule has 184 valence electrons. The van der Waals surface area contributed by atoms with Crippen molar-refractivity contribution in [3.63, 3.8) is 0 Å². The molecule has 0 aliphatic carbocycles. The molecule has 4 aliphatic heterocycles. The maximum Gasteiger partial charge on any atom is 0.310 e. The number of aliphatic hydroxyl groups excluding tert-OH is 1. The number of hydrogen-bond donors (Lipinski definition) is 2. The lowest BCUT2D eigenvalue weighted by molar-refractivity contribution is -0.158. The van der Waals surface area contributed by atoms with Gasteiger partial charge in [-0.05, 0) is 19.3 Å². The van der Waals surface area contributed by atoms with Crippen LogP contribution in [0.1, 0.15) is 20.3 Å². The number of β-amino-alcohol motifs (C(OH)–C–C–N with tert-alkyl or cyclic N) is 1. The second-order valence-corrected chi connectivity index (χ2v) is 9.82. The van der Waals surface area contributed by atoms with Crippen LogP contribution in [0, 0.1) is 17.8 Å². The number of aliphatic hydroxyl groups is 1. The van der Waals surface area contributed by atoms with Crippen LogP contribution in [-0.2, 0) is 23.9 Å². The van der Waals surface area contributed by atoms with E-state index in [0.29, 0.717) is 39.3 Å². The van der Waals surface area contributed by atoms with Gasteiger partial charge in [0.25, 0.3) is 0 Å². The Bertz CT molecular complexity index is 816. The minimum Gasteiger partial charge on any atom is -0.481 e. The summed E-state index contributed by atoms with van der Waals surface area (Å²) in [7, 11) is 0. The average Bonchev–Trinajstić information content (AvgIpc) is 3.29. The van der Waals surface area contributed by atoms with Gasteiger partial charge in [-0.3, -0.25) is 19.3 Å². The van der Waals surface area contributed by atoms with E-state index >= 15 is 0 Å². The van der Waals surface area contributed by atoms with E-state index in [9.17, 15) is 24.6 Å². The lowest BCUT2D eigenvalue weighted by Crippen LogP contribution is -2.57. The van der Waals surface area contributed by atoms with E-state index < -0.39 is 41.0 Å². The summed E-state index contributed by atoms with van der Waals surface area (Å²) in [5.41, 5.74) is -2.23. The number of fused-ring (bicyclic) bond motifs is 1. The Hall–Kier alpha value is -2.01. The zero-order valence-corrected chi connectivity index (χ0v) is 19.4. The van der Waals surface area contributed by atoms with Gasteiger partial charge >= 0.3 is 5.97 Å². The summed E-state index contributed by atoms with van der Waals surface area (Å²) in [6, 6.07) is -0.972. The van der Waals surface area contributed by atoms with Crippen LogP contribution in [0.5, 0.6) is 0 Å². The molecule has 1 spiro atoms. The number of hydrogen-bond acceptors (Lipinski definition) is 7. The van der Waals surface area contributed by atoms with E-state index in [0.717, 1.165) is 13.1 Å². The fourth-order valence-electron chi connectivity index (χ4n) is 6.45. The Labute approximate surface area is 194 Å². The van der Waals surface area contributed by atoms with Crippen LogP contribution in [-0.4, -0.2) is 119 Å². The van der Waals surface area contributed by atoms with Gasteiger partial charge in [0.05, 0.1) is 31.3 Å². The lowest BCUT2D eigenvalue weighted by Gasteiger charge is -2.37. The molecule has 2 N–H and O–H groups in total. The second kappa shape index (κ2) is 8.98. The molecule has 4 fully saturated rings. The maximum atomic E-state index is 14.0. The number of morpholine rings is 1. The fourth-order valence-corrected chi connectivity index (χ4v) is 6.45. The first-order chi connectivity index (χ1) is 15.7. The van der Waals surface area contributed by atoms with Crippen LogP contribution in [0.3, 0.4) is 0 Å². The minimum atomic E-state index is -1.21. The molecular weight excluding hydrogens is 430 g/mol. The van der Waals surface area contributed by atoms with Crippen LogP contribution in [0.2, 0.25) is 0 Å². The standard InChI is InChI=1S/C23H35N3O7/c1-4-5-25(7-6-24-9-12-32-13-10-24)20(29)18-23-14-15(2)22(3,33-23)17(21(30)31)16(23)19(28)26(18)8-11-27/h4,15-18,27H,1,5-14H2,2-3H3,(H,30,31)/t15?,16-,17-,18?,22+,23?/m0/s1. The maximum absolute atomic E-state index is 14.0. The molecule has 0 aromatic rings. The van der Waals surface area contributed by atoms with Crippen molar-refractivity contribution in [2.24, 2.45) is 17.8 Å². The summed E-state index contributed by atoms with van der Waals surface area (Å²) < 4.78 is 11.8. The monoisotopic (exact) mass is 465 g/mol. The molecule has 10 heteroatoms. The quantitative estimate of drug-likeness (QED) is 0.434. The smallest absolute Gasteiger partial charge is 0.310 e. The Morgan fingerprint density at radius 1 is 1.30 bits per heavy atom. The zero-order valence-electron chi connectivity index (χ0n) is 19.4. The van der Waals surface area contributed by atoms with Gasteiger partial charge in [-0.15, -0.1) is 6.58 Å². The Kier molecular flexibility index (Phi) is 6.56. The molecule has 0 aromatic heterocycles. The summed E-state index contributed by atoms with van der Waals surface area (Å²) in [5.74, 6) is -3.90. The van der Waals surface area contributed by atoms with Gasteiger partial charge < -0.3 is 29.5 Å². The van der Waals surface area contributed by atoms with E-state index in [1.165, 1.54) is 4.90 Å². The largest absolute Gasteiger partial charge is 0.481 e.